The maximum Gasteiger partial charge on any atom is 0.0618 e. The maximum atomic E-state index is 5.31. The number of likely N-dealkylation sites (tertiary alicyclic amines) is 1. The Morgan fingerprint density at radius 1 is 1.50 bits per heavy atom. The normalized spacial score (nSPS) is 22.2. The molecule has 0 bridgehead atoms. The van der Waals surface area contributed by atoms with Crippen LogP contribution in [0, 0.1) is 0 Å². The van der Waals surface area contributed by atoms with Gasteiger partial charge in [0.1, 0.15) is 0 Å². The predicted octanol–water partition coefficient (Wildman–Crippen LogP) is 1.12. The molecule has 1 fully saturated rings. The van der Waals surface area contributed by atoms with Crippen molar-refractivity contribution >= 4 is 0 Å². The monoisotopic (exact) mass is 143 g/mol. The lowest BCUT2D eigenvalue weighted by atomic mass is 10.1. The van der Waals surface area contributed by atoms with Crippen LogP contribution in [0.15, 0.2) is 0 Å². The van der Waals surface area contributed by atoms with E-state index >= 15 is 0 Å². The fourth-order valence-corrected chi connectivity index (χ4v) is 1.18. The standard InChI is InChI=1S/C8H17NO/c1-3-10-7-8(2)9-5-4-6-9/h8H,3-7H2,1-2H3. The summed E-state index contributed by atoms with van der Waals surface area (Å²) >= 11 is 0. The summed E-state index contributed by atoms with van der Waals surface area (Å²) in [4.78, 5) is 2.45. The van der Waals surface area contributed by atoms with E-state index in [1.807, 2.05) is 6.92 Å². The lowest BCUT2D eigenvalue weighted by Gasteiger charge is -2.36. The Hall–Kier alpha value is -0.0800. The van der Waals surface area contributed by atoms with Crippen molar-refractivity contribution in [3.05, 3.63) is 0 Å². The Bertz CT molecular complexity index is 91.3. The second-order valence-corrected chi connectivity index (χ2v) is 2.90. The summed E-state index contributed by atoms with van der Waals surface area (Å²) in [7, 11) is 0. The molecule has 1 aliphatic rings. The van der Waals surface area contributed by atoms with Crippen LogP contribution >= 0.6 is 0 Å². The number of rotatable bonds is 4. The summed E-state index contributed by atoms with van der Waals surface area (Å²) < 4.78 is 5.31. The Balaban J connectivity index is 2.02. The van der Waals surface area contributed by atoms with E-state index in [1.54, 1.807) is 0 Å². The van der Waals surface area contributed by atoms with E-state index in [2.05, 4.69) is 11.8 Å². The number of nitrogens with zero attached hydrogens (tertiary/aromatic N) is 1. The van der Waals surface area contributed by atoms with Gasteiger partial charge in [0.15, 0.2) is 0 Å². The van der Waals surface area contributed by atoms with E-state index in [1.165, 1.54) is 19.5 Å². The Morgan fingerprint density at radius 2 is 2.20 bits per heavy atom. The number of hydrogen-bond donors (Lipinski definition) is 0. The van der Waals surface area contributed by atoms with Gasteiger partial charge in [0.2, 0.25) is 0 Å². The lowest BCUT2D eigenvalue weighted by molar-refractivity contribution is 0.0433. The topological polar surface area (TPSA) is 12.5 Å². The highest BCUT2D eigenvalue weighted by atomic mass is 16.5. The van der Waals surface area contributed by atoms with Gasteiger partial charge in [0, 0.05) is 12.6 Å². The van der Waals surface area contributed by atoms with Crippen molar-refractivity contribution in [3.8, 4) is 0 Å². The summed E-state index contributed by atoms with van der Waals surface area (Å²) in [5.41, 5.74) is 0. The van der Waals surface area contributed by atoms with E-state index in [4.69, 9.17) is 4.74 Å². The molecule has 60 valence electrons. The second-order valence-electron chi connectivity index (χ2n) is 2.90. The minimum atomic E-state index is 0.633. The molecular weight excluding hydrogens is 126 g/mol. The third kappa shape index (κ3) is 1.96. The van der Waals surface area contributed by atoms with Gasteiger partial charge in [0.05, 0.1) is 6.61 Å². The molecule has 0 aromatic rings. The smallest absolute Gasteiger partial charge is 0.0618 e. The zero-order valence-corrected chi connectivity index (χ0v) is 6.97. The van der Waals surface area contributed by atoms with Crippen LogP contribution in [-0.4, -0.2) is 37.2 Å². The summed E-state index contributed by atoms with van der Waals surface area (Å²) in [6.45, 7) is 8.56. The summed E-state index contributed by atoms with van der Waals surface area (Å²) in [5, 5.41) is 0. The van der Waals surface area contributed by atoms with Gasteiger partial charge in [0.25, 0.3) is 0 Å². The Morgan fingerprint density at radius 3 is 2.60 bits per heavy atom. The molecule has 1 aliphatic heterocycles. The molecule has 10 heavy (non-hydrogen) atoms. The highest BCUT2D eigenvalue weighted by molar-refractivity contribution is 4.74. The largest absolute Gasteiger partial charge is 0.380 e. The van der Waals surface area contributed by atoms with Crippen molar-refractivity contribution < 1.29 is 4.74 Å². The average molecular weight is 143 g/mol. The Labute approximate surface area is 63.2 Å². The quantitative estimate of drug-likeness (QED) is 0.584. The molecule has 0 radical (unpaired) electrons. The maximum absolute atomic E-state index is 5.31. The van der Waals surface area contributed by atoms with Crippen LogP contribution in [0.1, 0.15) is 20.3 Å². The molecule has 0 aromatic heterocycles. The third-order valence-electron chi connectivity index (χ3n) is 2.08. The molecule has 0 N–H and O–H groups in total. The van der Waals surface area contributed by atoms with Gasteiger partial charge in [-0.1, -0.05) is 0 Å². The van der Waals surface area contributed by atoms with Gasteiger partial charge in [-0.05, 0) is 33.4 Å². The van der Waals surface area contributed by atoms with Gasteiger partial charge < -0.3 is 4.74 Å². The highest BCUT2D eigenvalue weighted by Crippen LogP contribution is 2.10. The summed E-state index contributed by atoms with van der Waals surface area (Å²) in [5.74, 6) is 0. The van der Waals surface area contributed by atoms with Gasteiger partial charge in [-0.15, -0.1) is 0 Å². The van der Waals surface area contributed by atoms with Crippen molar-refractivity contribution in [1.82, 2.24) is 4.90 Å². The molecule has 0 aromatic carbocycles. The van der Waals surface area contributed by atoms with E-state index in [9.17, 15) is 0 Å². The van der Waals surface area contributed by atoms with Gasteiger partial charge in [-0.3, -0.25) is 4.90 Å². The zero-order chi connectivity index (χ0) is 7.40. The van der Waals surface area contributed by atoms with Crippen LogP contribution in [0.5, 0.6) is 0 Å². The molecule has 0 aliphatic carbocycles. The van der Waals surface area contributed by atoms with Gasteiger partial charge in [-0.2, -0.15) is 0 Å². The van der Waals surface area contributed by atoms with E-state index in [-0.39, 0.29) is 0 Å². The molecule has 1 saturated heterocycles. The zero-order valence-electron chi connectivity index (χ0n) is 6.97. The molecule has 2 nitrogen and oxygen atoms in total. The Kier molecular flexibility index (Phi) is 3.16. The first-order chi connectivity index (χ1) is 4.84. The van der Waals surface area contributed by atoms with E-state index in [0.717, 1.165) is 13.2 Å². The fourth-order valence-electron chi connectivity index (χ4n) is 1.18. The van der Waals surface area contributed by atoms with Crippen molar-refractivity contribution in [3.63, 3.8) is 0 Å². The van der Waals surface area contributed by atoms with Crippen molar-refractivity contribution in [2.75, 3.05) is 26.3 Å². The fraction of sp³-hybridized carbons (Fsp3) is 1.00. The second kappa shape index (κ2) is 3.94. The summed E-state index contributed by atoms with van der Waals surface area (Å²) in [6, 6.07) is 0.633. The average Bonchev–Trinajstić information content (AvgIpc) is 1.79. The van der Waals surface area contributed by atoms with Crippen molar-refractivity contribution in [1.29, 1.82) is 0 Å². The molecule has 1 atom stereocenters. The lowest BCUT2D eigenvalue weighted by Crippen LogP contribution is -2.45. The minimum absolute atomic E-state index is 0.633. The van der Waals surface area contributed by atoms with Crippen LogP contribution in [0.3, 0.4) is 0 Å². The first-order valence-electron chi connectivity index (χ1n) is 4.16. The van der Waals surface area contributed by atoms with Crippen LogP contribution < -0.4 is 0 Å². The summed E-state index contributed by atoms with van der Waals surface area (Å²) in [6.07, 6.45) is 1.37. The van der Waals surface area contributed by atoms with Gasteiger partial charge in [-0.25, -0.2) is 0 Å². The minimum Gasteiger partial charge on any atom is -0.380 e. The van der Waals surface area contributed by atoms with Crippen LogP contribution in [0.4, 0.5) is 0 Å². The van der Waals surface area contributed by atoms with E-state index < -0.39 is 0 Å². The number of ether oxygens (including phenoxy) is 1. The molecule has 2 heteroatoms. The van der Waals surface area contributed by atoms with Crippen LogP contribution in [0.2, 0.25) is 0 Å². The molecule has 1 heterocycles. The molecule has 0 amide bonds. The highest BCUT2D eigenvalue weighted by Gasteiger charge is 2.19. The first kappa shape index (κ1) is 8.02. The van der Waals surface area contributed by atoms with Crippen molar-refractivity contribution in [2.45, 2.75) is 26.3 Å². The predicted molar refractivity (Wildman–Crippen MR) is 42.1 cm³/mol. The van der Waals surface area contributed by atoms with Gasteiger partial charge >= 0.3 is 0 Å². The molecule has 1 unspecified atom stereocenters. The number of hydrogen-bond acceptors (Lipinski definition) is 2. The van der Waals surface area contributed by atoms with Crippen LogP contribution in [-0.2, 0) is 4.74 Å². The molecule has 0 spiro atoms. The first-order valence-corrected chi connectivity index (χ1v) is 4.16. The van der Waals surface area contributed by atoms with Crippen LogP contribution in [0.25, 0.3) is 0 Å². The van der Waals surface area contributed by atoms with Crippen molar-refractivity contribution in [2.24, 2.45) is 0 Å². The molecular formula is C8H17NO. The SMILES string of the molecule is CCOCC(C)N1CCC1. The van der Waals surface area contributed by atoms with E-state index in [0.29, 0.717) is 6.04 Å². The third-order valence-corrected chi connectivity index (χ3v) is 2.08. The molecule has 0 saturated carbocycles. The molecule has 1 rings (SSSR count).